The number of nitrogens with one attached hydrogen (secondary N) is 1. The Morgan fingerprint density at radius 3 is 2.52 bits per heavy atom. The van der Waals surface area contributed by atoms with E-state index in [1.54, 1.807) is 24.3 Å². The predicted octanol–water partition coefficient (Wildman–Crippen LogP) is 3.59. The van der Waals surface area contributed by atoms with Gasteiger partial charge in [-0.05, 0) is 50.1 Å². The van der Waals surface area contributed by atoms with Crippen LogP contribution < -0.4 is 5.32 Å². The molecule has 1 amide bonds. The fourth-order valence-electron chi connectivity index (χ4n) is 2.36. The highest BCUT2D eigenvalue weighted by molar-refractivity contribution is 7.89. The molecule has 0 unspecified atom stereocenters. The van der Waals surface area contributed by atoms with Crippen LogP contribution in [0.25, 0.3) is 0 Å². The number of furan rings is 1. The molecule has 1 heterocycles. The Morgan fingerprint density at radius 1 is 1.15 bits per heavy atom. The molecule has 0 saturated heterocycles. The summed E-state index contributed by atoms with van der Waals surface area (Å²) in [6.07, 6.45) is 0.843. The first-order valence-corrected chi connectivity index (χ1v) is 10.9. The Balaban J connectivity index is 1.85. The number of halogens is 1. The van der Waals surface area contributed by atoms with E-state index in [-0.39, 0.29) is 35.0 Å². The average molecular weight is 414 g/mol. The molecule has 0 saturated carbocycles. The summed E-state index contributed by atoms with van der Waals surface area (Å²) in [4.78, 5) is 12.0. The van der Waals surface area contributed by atoms with Gasteiger partial charge in [0, 0.05) is 18.2 Å². The molecule has 27 heavy (non-hydrogen) atoms. The highest BCUT2D eigenvalue weighted by Gasteiger charge is 2.18. The third-order valence-electron chi connectivity index (χ3n) is 3.61. The number of amides is 1. The van der Waals surface area contributed by atoms with Crippen LogP contribution in [0.4, 0.5) is 0 Å². The zero-order valence-electron chi connectivity index (χ0n) is 15.4. The zero-order valence-corrected chi connectivity index (χ0v) is 17.0. The van der Waals surface area contributed by atoms with Gasteiger partial charge in [-0.25, -0.2) is 8.42 Å². The number of ether oxygens (including phenoxy) is 1. The van der Waals surface area contributed by atoms with E-state index in [1.165, 1.54) is 12.1 Å². The van der Waals surface area contributed by atoms with Gasteiger partial charge >= 0.3 is 0 Å². The lowest BCUT2D eigenvalue weighted by molar-refractivity contribution is 0.0753. The number of benzene rings is 1. The summed E-state index contributed by atoms with van der Waals surface area (Å²) >= 11 is 5.80. The molecule has 1 aromatic heterocycles. The van der Waals surface area contributed by atoms with Crippen LogP contribution in [0, 0.1) is 0 Å². The van der Waals surface area contributed by atoms with Gasteiger partial charge in [0.05, 0.1) is 11.9 Å². The Bertz CT molecular complexity index is 843. The molecule has 2 aromatic rings. The molecule has 0 fully saturated rings. The normalized spacial score (nSPS) is 11.7. The predicted molar refractivity (Wildman–Crippen MR) is 105 cm³/mol. The van der Waals surface area contributed by atoms with Crippen LogP contribution in [0.5, 0.6) is 0 Å². The Hall–Kier alpha value is -1.83. The van der Waals surface area contributed by atoms with Gasteiger partial charge in [0.25, 0.3) is 5.91 Å². The molecule has 0 radical (unpaired) electrons. The highest BCUT2D eigenvalue weighted by atomic mass is 35.5. The van der Waals surface area contributed by atoms with E-state index in [2.05, 4.69) is 5.32 Å². The van der Waals surface area contributed by atoms with Crippen LogP contribution in [-0.2, 0) is 26.1 Å². The third kappa shape index (κ3) is 7.74. The van der Waals surface area contributed by atoms with E-state index in [9.17, 15) is 13.2 Å². The molecule has 0 aliphatic rings. The van der Waals surface area contributed by atoms with Gasteiger partial charge < -0.3 is 14.5 Å². The number of sulfone groups is 1. The second-order valence-electron chi connectivity index (χ2n) is 6.45. The minimum Gasteiger partial charge on any atom is -0.455 e. The molecule has 8 heteroatoms. The first-order chi connectivity index (χ1) is 12.7. The number of hydrogen-bond acceptors (Lipinski definition) is 5. The second-order valence-corrected chi connectivity index (χ2v) is 8.95. The largest absolute Gasteiger partial charge is 0.455 e. The Kier molecular flexibility index (Phi) is 7.89. The molecule has 0 aliphatic heterocycles. The van der Waals surface area contributed by atoms with Crippen molar-refractivity contribution in [2.24, 2.45) is 0 Å². The fraction of sp³-hybridized carbons (Fsp3) is 0.421. The summed E-state index contributed by atoms with van der Waals surface area (Å²) in [5.41, 5.74) is 0.646. The van der Waals surface area contributed by atoms with Crippen LogP contribution in [0.2, 0.25) is 5.02 Å². The first-order valence-electron chi connectivity index (χ1n) is 8.68. The van der Waals surface area contributed by atoms with Crippen LogP contribution >= 0.6 is 11.6 Å². The van der Waals surface area contributed by atoms with Crippen molar-refractivity contribution in [1.29, 1.82) is 0 Å². The van der Waals surface area contributed by atoms with Gasteiger partial charge in [-0.3, -0.25) is 4.79 Å². The van der Waals surface area contributed by atoms with Gasteiger partial charge in [0.15, 0.2) is 15.6 Å². The monoisotopic (exact) mass is 413 g/mol. The lowest BCUT2D eigenvalue weighted by Crippen LogP contribution is -2.25. The fourth-order valence-corrected chi connectivity index (χ4v) is 3.88. The van der Waals surface area contributed by atoms with Gasteiger partial charge in [-0.1, -0.05) is 23.7 Å². The summed E-state index contributed by atoms with van der Waals surface area (Å²) in [7, 11) is -3.43. The van der Waals surface area contributed by atoms with Crippen molar-refractivity contribution in [3.63, 3.8) is 0 Å². The van der Waals surface area contributed by atoms with Crippen molar-refractivity contribution in [1.82, 2.24) is 5.32 Å². The first kappa shape index (κ1) is 21.5. The quantitative estimate of drug-likeness (QED) is 0.601. The number of hydrogen-bond donors (Lipinski definition) is 1. The summed E-state index contributed by atoms with van der Waals surface area (Å²) in [6, 6.07) is 9.62. The van der Waals surface area contributed by atoms with Crippen LogP contribution in [0.1, 0.15) is 42.1 Å². The summed E-state index contributed by atoms with van der Waals surface area (Å²) in [6.45, 7) is 4.91. The van der Waals surface area contributed by atoms with Gasteiger partial charge in [0.2, 0.25) is 0 Å². The van der Waals surface area contributed by atoms with E-state index in [4.69, 9.17) is 20.8 Å². The summed E-state index contributed by atoms with van der Waals surface area (Å²) in [5, 5.41) is 3.27. The van der Waals surface area contributed by atoms with Gasteiger partial charge in [0.1, 0.15) is 11.5 Å². The van der Waals surface area contributed by atoms with E-state index in [0.717, 1.165) is 0 Å². The average Bonchev–Trinajstić information content (AvgIpc) is 3.03. The van der Waals surface area contributed by atoms with Crippen LogP contribution in [0.3, 0.4) is 0 Å². The Morgan fingerprint density at radius 2 is 1.85 bits per heavy atom. The van der Waals surface area contributed by atoms with Crippen molar-refractivity contribution < 1.29 is 22.4 Å². The van der Waals surface area contributed by atoms with Crippen molar-refractivity contribution in [3.05, 3.63) is 58.5 Å². The van der Waals surface area contributed by atoms with Crippen LogP contribution in [0.15, 0.2) is 40.8 Å². The maximum atomic E-state index is 12.3. The third-order valence-corrected chi connectivity index (χ3v) is 5.35. The Labute approximate surface area is 164 Å². The minimum absolute atomic E-state index is 0.0940. The van der Waals surface area contributed by atoms with Crippen molar-refractivity contribution in [2.45, 2.75) is 37.9 Å². The van der Waals surface area contributed by atoms with E-state index < -0.39 is 9.84 Å². The van der Waals surface area contributed by atoms with Crippen LogP contribution in [-0.4, -0.2) is 33.6 Å². The summed E-state index contributed by atoms with van der Waals surface area (Å²) in [5.74, 6) is -0.442. The lowest BCUT2D eigenvalue weighted by atomic mass is 10.2. The molecular formula is C19H24ClNO5S. The van der Waals surface area contributed by atoms with E-state index >= 15 is 0 Å². The van der Waals surface area contributed by atoms with E-state index in [1.807, 2.05) is 13.8 Å². The number of rotatable bonds is 10. The zero-order chi connectivity index (χ0) is 19.9. The molecule has 0 bridgehead atoms. The highest BCUT2D eigenvalue weighted by Crippen LogP contribution is 2.17. The van der Waals surface area contributed by atoms with Crippen molar-refractivity contribution in [3.8, 4) is 0 Å². The molecule has 0 spiro atoms. The topological polar surface area (TPSA) is 85.6 Å². The minimum atomic E-state index is -3.43. The lowest BCUT2D eigenvalue weighted by Gasteiger charge is -2.07. The van der Waals surface area contributed by atoms with Gasteiger partial charge in [-0.2, -0.15) is 0 Å². The molecule has 0 atom stereocenters. The number of carbonyl (C=O) groups is 1. The SMILES string of the molecule is CC(C)OCCCNC(=O)c1ccc(CS(=O)(=O)Cc2ccc(Cl)cc2)o1. The second kappa shape index (κ2) is 9.92. The molecule has 2 rings (SSSR count). The smallest absolute Gasteiger partial charge is 0.286 e. The van der Waals surface area contributed by atoms with Crippen molar-refractivity contribution >= 4 is 27.3 Å². The maximum absolute atomic E-state index is 12.3. The standard InChI is InChI=1S/C19H24ClNO5S/c1-14(2)25-11-3-10-21-19(22)18-9-8-17(26-18)13-27(23,24)12-15-4-6-16(20)7-5-15/h4-9,14H,3,10-13H2,1-2H3,(H,21,22). The molecule has 1 N–H and O–H groups in total. The molecular weight excluding hydrogens is 390 g/mol. The van der Waals surface area contributed by atoms with E-state index in [0.29, 0.717) is 30.2 Å². The van der Waals surface area contributed by atoms with Gasteiger partial charge in [-0.15, -0.1) is 0 Å². The molecule has 0 aliphatic carbocycles. The maximum Gasteiger partial charge on any atom is 0.286 e. The molecule has 1 aromatic carbocycles. The van der Waals surface area contributed by atoms with Crippen molar-refractivity contribution in [2.75, 3.05) is 13.2 Å². The molecule has 6 nitrogen and oxygen atoms in total. The number of carbonyl (C=O) groups excluding carboxylic acids is 1. The molecule has 148 valence electrons. The summed E-state index contributed by atoms with van der Waals surface area (Å²) < 4.78 is 35.4.